The van der Waals surface area contributed by atoms with E-state index in [1.54, 1.807) is 28.8 Å². The Balaban J connectivity index is 1.81. The number of carbonyl (C=O) groups is 1. The van der Waals surface area contributed by atoms with Gasteiger partial charge in [-0.15, -0.1) is 0 Å². The van der Waals surface area contributed by atoms with Crippen LogP contribution in [0.1, 0.15) is 10.4 Å². The Labute approximate surface area is 212 Å². The number of halogens is 2. The van der Waals surface area contributed by atoms with E-state index in [9.17, 15) is 27.6 Å². The minimum absolute atomic E-state index is 0.0132. The van der Waals surface area contributed by atoms with Crippen LogP contribution in [0.25, 0.3) is 10.9 Å². The summed E-state index contributed by atoms with van der Waals surface area (Å²) in [6.07, 6.45) is 0.569. The molecule has 0 unspecified atom stereocenters. The predicted octanol–water partition coefficient (Wildman–Crippen LogP) is 2.86. The lowest BCUT2D eigenvalue weighted by molar-refractivity contribution is 0.0737. The minimum atomic E-state index is -4.82. The van der Waals surface area contributed by atoms with Crippen LogP contribution >= 0.6 is 30.8 Å². The Bertz CT molecular complexity index is 1430. The first-order chi connectivity index (χ1) is 16.4. The molecule has 0 saturated carbocycles. The van der Waals surface area contributed by atoms with Crippen molar-refractivity contribution < 1.29 is 27.6 Å². The molecule has 35 heavy (non-hydrogen) atoms. The summed E-state index contributed by atoms with van der Waals surface area (Å²) in [7, 11) is -7.57. The number of rotatable bonds is 6. The maximum absolute atomic E-state index is 13.4. The lowest BCUT2D eigenvalue weighted by atomic mass is 10.1. The van der Waals surface area contributed by atoms with Crippen LogP contribution in [0, 0.1) is 0 Å². The van der Waals surface area contributed by atoms with Gasteiger partial charge in [0.25, 0.3) is 15.9 Å². The molecule has 0 aliphatic carbocycles. The molecule has 1 aromatic heterocycles. The third-order valence-corrected chi connectivity index (χ3v) is 8.66. The molecule has 188 valence electrons. The van der Waals surface area contributed by atoms with E-state index < -0.39 is 23.9 Å². The summed E-state index contributed by atoms with van der Waals surface area (Å²) < 4.78 is 41.1. The number of benzene rings is 2. The molecule has 0 bridgehead atoms. The van der Waals surface area contributed by atoms with Gasteiger partial charge < -0.3 is 24.6 Å². The molecule has 1 aliphatic heterocycles. The van der Waals surface area contributed by atoms with Crippen LogP contribution in [0.15, 0.2) is 47.5 Å². The summed E-state index contributed by atoms with van der Waals surface area (Å²) in [4.78, 5) is 33.8. The van der Waals surface area contributed by atoms with Gasteiger partial charge in [-0.3, -0.25) is 13.7 Å². The van der Waals surface area contributed by atoms with E-state index >= 15 is 0 Å². The second-order valence-electron chi connectivity index (χ2n) is 8.16. The Morgan fingerprint density at radius 3 is 2.34 bits per heavy atom. The number of nitrogens with one attached hydrogen (secondary N) is 1. The van der Waals surface area contributed by atoms with Crippen LogP contribution in [0.4, 0.5) is 5.69 Å². The Morgan fingerprint density at radius 1 is 1.11 bits per heavy atom. The maximum Gasteiger partial charge on any atom is 0.345 e. The van der Waals surface area contributed by atoms with Gasteiger partial charge in [-0.1, -0.05) is 23.2 Å². The quantitative estimate of drug-likeness (QED) is 0.395. The highest BCUT2D eigenvalue weighted by Crippen LogP contribution is 2.41. The van der Waals surface area contributed by atoms with Gasteiger partial charge in [0.1, 0.15) is 6.29 Å². The fourth-order valence-corrected chi connectivity index (χ4v) is 7.41. The predicted molar refractivity (Wildman–Crippen MR) is 135 cm³/mol. The van der Waals surface area contributed by atoms with Gasteiger partial charge >= 0.3 is 7.60 Å². The number of fused-ring (bicyclic) bond motifs is 1. The third kappa shape index (κ3) is 5.51. The molecule has 0 radical (unpaired) electrons. The first-order valence-electron chi connectivity index (χ1n) is 10.5. The van der Waals surface area contributed by atoms with E-state index in [0.717, 1.165) is 12.1 Å². The second-order valence-corrected chi connectivity index (χ2v) is 12.5. The molecule has 1 amide bonds. The molecule has 3 aromatic rings. The summed E-state index contributed by atoms with van der Waals surface area (Å²) in [5.74, 6) is -0.141. The van der Waals surface area contributed by atoms with Crippen LogP contribution < -0.4 is 9.62 Å². The molecule has 2 heterocycles. The van der Waals surface area contributed by atoms with E-state index in [-0.39, 0.29) is 26.5 Å². The van der Waals surface area contributed by atoms with Crippen LogP contribution in [0.2, 0.25) is 10.0 Å². The Morgan fingerprint density at radius 2 is 1.74 bits per heavy atom. The van der Waals surface area contributed by atoms with Gasteiger partial charge in [0.15, 0.2) is 0 Å². The van der Waals surface area contributed by atoms with Crippen LogP contribution in [-0.4, -0.2) is 66.0 Å². The molecular formula is C21H23Cl2N4O6PS. The molecule has 10 nitrogen and oxygen atoms in total. The molecule has 1 fully saturated rings. The molecular weight excluding hydrogens is 538 g/mol. The van der Waals surface area contributed by atoms with E-state index in [0.29, 0.717) is 47.0 Å². The number of piperazine rings is 1. The summed E-state index contributed by atoms with van der Waals surface area (Å²) >= 11 is 11.9. The first kappa shape index (κ1) is 26.0. The number of amides is 1. The number of nitrogens with zero attached hydrogens (tertiary/aromatic N) is 3. The Hall–Kier alpha value is -2.11. The monoisotopic (exact) mass is 560 g/mol. The molecule has 1 aliphatic rings. The zero-order valence-corrected chi connectivity index (χ0v) is 21.8. The molecule has 1 saturated heterocycles. The number of sulfonamides is 1. The van der Waals surface area contributed by atoms with E-state index in [1.807, 2.05) is 0 Å². The van der Waals surface area contributed by atoms with E-state index in [2.05, 4.69) is 5.32 Å². The van der Waals surface area contributed by atoms with Gasteiger partial charge in [0, 0.05) is 54.9 Å². The molecule has 0 spiro atoms. The fraction of sp³-hybridized carbons (Fsp3) is 0.286. The van der Waals surface area contributed by atoms with Crippen molar-refractivity contribution in [2.45, 2.75) is 4.90 Å². The largest absolute Gasteiger partial charge is 0.350 e. The summed E-state index contributed by atoms with van der Waals surface area (Å²) in [6, 6.07) is 8.12. The Kier molecular flexibility index (Phi) is 7.23. The van der Waals surface area contributed by atoms with Crippen LogP contribution in [0.3, 0.4) is 0 Å². The number of aryl methyl sites for hydroxylation is 1. The highest BCUT2D eigenvalue weighted by atomic mass is 35.5. The lowest BCUT2D eigenvalue weighted by Gasteiger charge is -2.27. The fourth-order valence-electron chi connectivity index (χ4n) is 4.00. The van der Waals surface area contributed by atoms with Gasteiger partial charge in [-0.25, -0.2) is 8.42 Å². The molecule has 3 N–H and O–H groups in total. The van der Waals surface area contributed by atoms with Crippen molar-refractivity contribution in [3.63, 3.8) is 0 Å². The highest BCUT2D eigenvalue weighted by molar-refractivity contribution is 7.93. The number of hydrogen-bond acceptors (Lipinski definition) is 5. The SMILES string of the molecule is Cn1cc(C(=O)N2CCNCC2)c2ccc(N(CP(=O)(O)O)S(=O)(=O)c3cc(Cl)cc(Cl)c3)cc21. The number of aromatic nitrogens is 1. The second kappa shape index (κ2) is 9.74. The van der Waals surface area contributed by atoms with Crippen molar-refractivity contribution in [3.05, 3.63) is 58.2 Å². The van der Waals surface area contributed by atoms with Gasteiger partial charge in [0.05, 0.1) is 21.7 Å². The smallest absolute Gasteiger partial charge is 0.345 e. The summed E-state index contributed by atoms with van der Waals surface area (Å²) in [6.45, 7) is 2.54. The van der Waals surface area contributed by atoms with E-state index in [1.165, 1.54) is 18.2 Å². The first-order valence-corrected chi connectivity index (χ1v) is 14.5. The molecule has 2 aromatic carbocycles. The van der Waals surface area contributed by atoms with Crippen molar-refractivity contribution in [2.75, 3.05) is 36.8 Å². The zero-order chi connectivity index (χ0) is 25.5. The lowest BCUT2D eigenvalue weighted by Crippen LogP contribution is -2.46. The van der Waals surface area contributed by atoms with Crippen molar-refractivity contribution in [1.29, 1.82) is 0 Å². The highest BCUT2D eigenvalue weighted by Gasteiger charge is 2.32. The van der Waals surface area contributed by atoms with Crippen molar-refractivity contribution in [2.24, 2.45) is 7.05 Å². The number of carbonyl (C=O) groups excluding carboxylic acids is 1. The maximum atomic E-state index is 13.4. The normalized spacial score (nSPS) is 14.9. The topological polar surface area (TPSA) is 132 Å². The summed E-state index contributed by atoms with van der Waals surface area (Å²) in [5.41, 5.74) is 0.997. The van der Waals surface area contributed by atoms with Gasteiger partial charge in [-0.2, -0.15) is 0 Å². The van der Waals surface area contributed by atoms with Crippen molar-refractivity contribution in [3.8, 4) is 0 Å². The third-order valence-electron chi connectivity index (χ3n) is 5.63. The molecule has 4 rings (SSSR count). The van der Waals surface area contributed by atoms with Crippen LogP contribution in [-0.2, 0) is 21.6 Å². The standard InChI is InChI=1S/C21H23Cl2N4O6PS/c1-25-12-19(21(28)26-6-4-24-5-7-26)18-3-2-16(11-20(18)25)27(13-34(29,30)31)35(32,33)17-9-14(22)8-15(23)10-17/h2-3,8-12,24H,4-7,13H2,1H3,(H2,29,30,31). The molecule has 14 heteroatoms. The minimum Gasteiger partial charge on any atom is -0.350 e. The van der Waals surface area contributed by atoms with Crippen LogP contribution in [0.5, 0.6) is 0 Å². The van der Waals surface area contributed by atoms with Crippen molar-refractivity contribution >= 4 is 63.3 Å². The zero-order valence-electron chi connectivity index (χ0n) is 18.6. The van der Waals surface area contributed by atoms with Crippen molar-refractivity contribution in [1.82, 2.24) is 14.8 Å². The average Bonchev–Trinajstić information content (AvgIpc) is 3.12. The van der Waals surface area contributed by atoms with Gasteiger partial charge in [0.2, 0.25) is 0 Å². The van der Waals surface area contributed by atoms with E-state index in [4.69, 9.17) is 23.2 Å². The molecule has 0 atom stereocenters. The number of hydrogen-bond donors (Lipinski definition) is 3. The average molecular weight is 561 g/mol. The number of anilines is 1. The van der Waals surface area contributed by atoms with Gasteiger partial charge in [-0.05, 0) is 36.4 Å². The summed E-state index contributed by atoms with van der Waals surface area (Å²) in [5, 5.41) is 3.90.